The number of nitrogens with two attached hydrogens (primary N) is 1. The van der Waals surface area contributed by atoms with Gasteiger partial charge in [0.15, 0.2) is 0 Å². The van der Waals surface area contributed by atoms with Gasteiger partial charge in [-0.25, -0.2) is 0 Å². The summed E-state index contributed by atoms with van der Waals surface area (Å²) in [6.45, 7) is -0.412. The van der Waals surface area contributed by atoms with Crippen LogP contribution in [0.25, 0.3) is 0 Å². The molecule has 3 atom stereocenters. The molecule has 1 amide bonds. The minimum absolute atomic E-state index is 0.0970. The van der Waals surface area contributed by atoms with Crippen molar-refractivity contribution in [2.24, 2.45) is 11.7 Å². The molecule has 0 bridgehead atoms. The van der Waals surface area contributed by atoms with Crippen LogP contribution >= 0.6 is 0 Å². The van der Waals surface area contributed by atoms with Crippen molar-refractivity contribution in [1.82, 2.24) is 0 Å². The third kappa shape index (κ3) is 6.03. The van der Waals surface area contributed by atoms with Crippen LogP contribution in [-0.4, -0.2) is 12.0 Å². The summed E-state index contributed by atoms with van der Waals surface area (Å²) in [6, 6.07) is 10.7. The monoisotopic (exact) mass is 459 g/mol. The van der Waals surface area contributed by atoms with Gasteiger partial charge >= 0.3 is 12.4 Å². The van der Waals surface area contributed by atoms with Gasteiger partial charge in [0.25, 0.3) is 0 Å². The van der Waals surface area contributed by atoms with Crippen molar-refractivity contribution in [3.63, 3.8) is 0 Å². The molecule has 2 aromatic carbocycles. The van der Waals surface area contributed by atoms with E-state index in [1.165, 1.54) is 0 Å². The lowest BCUT2D eigenvalue weighted by Crippen LogP contribution is -2.35. The molecule has 2 aromatic rings. The Balaban J connectivity index is 1.87. The van der Waals surface area contributed by atoms with E-state index in [0.717, 1.165) is 12.0 Å². The summed E-state index contributed by atoms with van der Waals surface area (Å²) in [5.74, 6) is -0.837. The van der Waals surface area contributed by atoms with E-state index in [4.69, 9.17) is 10.5 Å². The molecule has 2 N–H and O–H groups in total. The molecule has 0 unspecified atom stereocenters. The first-order chi connectivity index (χ1) is 14.9. The normalized spacial score (nSPS) is 22.0. The maximum atomic E-state index is 13.1. The van der Waals surface area contributed by atoms with Crippen molar-refractivity contribution in [2.75, 3.05) is 0 Å². The van der Waals surface area contributed by atoms with Gasteiger partial charge in [-0.3, -0.25) is 4.79 Å². The number of amides is 1. The average Bonchev–Trinajstić information content (AvgIpc) is 2.71. The Labute approximate surface area is 181 Å². The highest BCUT2D eigenvalue weighted by atomic mass is 19.4. The van der Waals surface area contributed by atoms with Crippen LogP contribution in [0, 0.1) is 5.92 Å². The van der Waals surface area contributed by atoms with E-state index < -0.39 is 42.1 Å². The van der Waals surface area contributed by atoms with Crippen LogP contribution in [0.3, 0.4) is 0 Å². The molecule has 0 aromatic heterocycles. The van der Waals surface area contributed by atoms with Gasteiger partial charge in [-0.05, 0) is 48.1 Å². The number of benzene rings is 2. The number of carbonyl (C=O) groups excluding carboxylic acids is 1. The smallest absolute Gasteiger partial charge is 0.373 e. The Hall–Kier alpha value is -2.55. The molecule has 9 heteroatoms. The summed E-state index contributed by atoms with van der Waals surface area (Å²) in [4.78, 5) is 11.6. The van der Waals surface area contributed by atoms with Crippen LogP contribution in [0.2, 0.25) is 0 Å². The van der Waals surface area contributed by atoms with Crippen LogP contribution in [0.5, 0.6) is 0 Å². The first kappa shape index (κ1) is 24.1. The van der Waals surface area contributed by atoms with Crippen LogP contribution in [0.15, 0.2) is 48.5 Å². The number of rotatable bonds is 6. The number of hydrogen-bond acceptors (Lipinski definition) is 2. The zero-order chi connectivity index (χ0) is 23.5. The van der Waals surface area contributed by atoms with Gasteiger partial charge < -0.3 is 10.5 Å². The van der Waals surface area contributed by atoms with Gasteiger partial charge in [-0.1, -0.05) is 36.8 Å². The van der Waals surface area contributed by atoms with Gasteiger partial charge in [-0.15, -0.1) is 0 Å². The van der Waals surface area contributed by atoms with Gasteiger partial charge in [0.1, 0.15) is 0 Å². The topological polar surface area (TPSA) is 52.3 Å². The van der Waals surface area contributed by atoms with E-state index in [2.05, 4.69) is 0 Å². The van der Waals surface area contributed by atoms with Gasteiger partial charge in [0, 0.05) is 12.3 Å². The average molecular weight is 459 g/mol. The number of alkyl halides is 6. The van der Waals surface area contributed by atoms with E-state index in [1.54, 1.807) is 0 Å². The highest BCUT2D eigenvalue weighted by molar-refractivity contribution is 5.74. The minimum atomic E-state index is -4.92. The zero-order valence-electron chi connectivity index (χ0n) is 17.0. The largest absolute Gasteiger partial charge is 0.416 e. The fraction of sp³-hybridized carbons (Fsp3) is 0.435. The van der Waals surface area contributed by atoms with Gasteiger partial charge in [0.05, 0.1) is 23.8 Å². The van der Waals surface area contributed by atoms with Crippen LogP contribution in [-0.2, 0) is 28.5 Å². The molecule has 3 nitrogen and oxygen atoms in total. The Bertz CT molecular complexity index is 894. The van der Waals surface area contributed by atoms with E-state index in [0.29, 0.717) is 25.0 Å². The Kier molecular flexibility index (Phi) is 7.17. The SMILES string of the molecule is NC(=O)C[C@H]1CCC[C@H](OCc2cc(C(F)(F)F)cc(C(F)(F)F)c2)[C@@H]1c1ccccc1. The van der Waals surface area contributed by atoms with Crippen LogP contribution in [0.4, 0.5) is 26.3 Å². The summed E-state index contributed by atoms with van der Waals surface area (Å²) in [5.41, 5.74) is 3.33. The van der Waals surface area contributed by atoms with Gasteiger partial charge in [-0.2, -0.15) is 26.3 Å². The van der Waals surface area contributed by atoms with E-state index in [9.17, 15) is 31.1 Å². The first-order valence-electron chi connectivity index (χ1n) is 10.2. The summed E-state index contributed by atoms with van der Waals surface area (Å²) in [5, 5.41) is 0. The number of primary amides is 1. The molecular formula is C23H23F6NO2. The van der Waals surface area contributed by atoms with Crippen LogP contribution < -0.4 is 5.73 Å². The van der Waals surface area contributed by atoms with Crippen molar-refractivity contribution >= 4 is 5.91 Å². The number of hydrogen-bond donors (Lipinski definition) is 1. The summed E-state index contributed by atoms with van der Waals surface area (Å²) >= 11 is 0. The Morgan fingerprint density at radius 3 is 2.06 bits per heavy atom. The van der Waals surface area contributed by atoms with Crippen molar-refractivity contribution in [3.8, 4) is 0 Å². The molecule has 1 aliphatic rings. The van der Waals surface area contributed by atoms with E-state index in [-0.39, 0.29) is 29.9 Å². The molecule has 0 heterocycles. The highest BCUT2D eigenvalue weighted by Crippen LogP contribution is 2.42. The first-order valence-corrected chi connectivity index (χ1v) is 10.2. The molecule has 174 valence electrons. The standard InChI is InChI=1S/C23H23F6NO2/c24-22(25,26)17-9-14(10-18(12-17)23(27,28)29)13-32-19-8-4-7-16(11-20(30)31)21(19)15-5-2-1-3-6-15/h1-3,5-6,9-10,12,16,19,21H,4,7-8,11,13H2,(H2,30,31)/t16-,19+,21-/m1/s1. The van der Waals surface area contributed by atoms with Crippen molar-refractivity contribution in [1.29, 1.82) is 0 Å². The maximum absolute atomic E-state index is 13.1. The van der Waals surface area contributed by atoms with E-state index >= 15 is 0 Å². The predicted octanol–water partition coefficient (Wildman–Crippen LogP) is 6.07. The minimum Gasteiger partial charge on any atom is -0.373 e. The third-order valence-corrected chi connectivity index (χ3v) is 5.73. The Morgan fingerprint density at radius 1 is 0.938 bits per heavy atom. The maximum Gasteiger partial charge on any atom is 0.416 e. The number of halogens is 6. The molecule has 1 aliphatic carbocycles. The van der Waals surface area contributed by atoms with Gasteiger partial charge in [0.2, 0.25) is 5.91 Å². The molecule has 32 heavy (non-hydrogen) atoms. The van der Waals surface area contributed by atoms with Crippen molar-refractivity contribution < 1.29 is 35.9 Å². The van der Waals surface area contributed by atoms with E-state index in [1.807, 2.05) is 30.3 Å². The second kappa shape index (κ2) is 9.52. The molecule has 1 saturated carbocycles. The summed E-state index contributed by atoms with van der Waals surface area (Å²) in [7, 11) is 0. The van der Waals surface area contributed by atoms with Crippen LogP contribution in [0.1, 0.15) is 53.9 Å². The lowest BCUT2D eigenvalue weighted by Gasteiger charge is -2.38. The van der Waals surface area contributed by atoms with Crippen molar-refractivity contribution in [3.05, 3.63) is 70.8 Å². The second-order valence-electron chi connectivity index (χ2n) is 8.06. The quantitative estimate of drug-likeness (QED) is 0.533. The molecule has 0 aliphatic heterocycles. The highest BCUT2D eigenvalue weighted by Gasteiger charge is 2.38. The lowest BCUT2D eigenvalue weighted by molar-refractivity contribution is -0.143. The fourth-order valence-electron chi connectivity index (χ4n) is 4.39. The molecule has 3 rings (SSSR count). The summed E-state index contributed by atoms with van der Waals surface area (Å²) in [6.07, 6.45) is -8.17. The molecule has 0 saturated heterocycles. The fourth-order valence-corrected chi connectivity index (χ4v) is 4.39. The molecular weight excluding hydrogens is 436 g/mol. The predicted molar refractivity (Wildman–Crippen MR) is 105 cm³/mol. The zero-order valence-corrected chi connectivity index (χ0v) is 17.0. The third-order valence-electron chi connectivity index (χ3n) is 5.73. The molecule has 0 spiro atoms. The number of carbonyl (C=O) groups is 1. The molecule has 1 fully saturated rings. The second-order valence-corrected chi connectivity index (χ2v) is 8.06. The molecule has 0 radical (unpaired) electrons. The van der Waals surface area contributed by atoms with Crippen molar-refractivity contribution in [2.45, 2.75) is 56.7 Å². The number of ether oxygens (including phenoxy) is 1. The Morgan fingerprint density at radius 2 is 1.53 bits per heavy atom. The lowest BCUT2D eigenvalue weighted by atomic mass is 9.72. The summed E-state index contributed by atoms with van der Waals surface area (Å²) < 4.78 is 84.7.